The first-order valence-electron chi connectivity index (χ1n) is 7.62. The molecule has 1 saturated heterocycles. The number of likely N-dealkylation sites (N-methyl/N-ethyl adjacent to an activating group) is 1. The van der Waals surface area contributed by atoms with Gasteiger partial charge in [0, 0.05) is 37.9 Å². The molecule has 1 aliphatic rings. The molecule has 21 heavy (non-hydrogen) atoms. The second kappa shape index (κ2) is 6.00. The summed E-state index contributed by atoms with van der Waals surface area (Å²) >= 11 is 0. The van der Waals surface area contributed by atoms with Crippen molar-refractivity contribution >= 4 is 0 Å². The molecule has 3 rings (SSSR count). The maximum Gasteiger partial charge on any atom is 0.0568 e. The monoisotopic (exact) mass is 284 g/mol. The summed E-state index contributed by atoms with van der Waals surface area (Å²) in [5.74, 6) is 0. The number of aryl methyl sites for hydroxylation is 2. The SMILES string of the molecule is Cc1ccc(CNC2CCN(C)C2)c(-c2cnn(C)c2)c1. The molecular formula is C17H24N4. The maximum absolute atomic E-state index is 4.30. The smallest absolute Gasteiger partial charge is 0.0568 e. The lowest BCUT2D eigenvalue weighted by atomic mass is 9.99. The molecule has 1 unspecified atom stereocenters. The number of aromatic nitrogens is 2. The molecule has 1 aromatic carbocycles. The van der Waals surface area contributed by atoms with Crippen LogP contribution in [-0.2, 0) is 13.6 Å². The predicted molar refractivity (Wildman–Crippen MR) is 86.1 cm³/mol. The highest BCUT2D eigenvalue weighted by Gasteiger charge is 2.19. The van der Waals surface area contributed by atoms with Crippen molar-refractivity contribution in [2.24, 2.45) is 7.05 Å². The van der Waals surface area contributed by atoms with Crippen LogP contribution in [-0.4, -0.2) is 40.9 Å². The second-order valence-electron chi connectivity index (χ2n) is 6.19. The Balaban J connectivity index is 1.78. The third kappa shape index (κ3) is 3.34. The van der Waals surface area contributed by atoms with Gasteiger partial charge in [-0.1, -0.05) is 23.8 Å². The average Bonchev–Trinajstić information content (AvgIpc) is 3.06. The number of hydrogen-bond acceptors (Lipinski definition) is 3. The molecule has 0 spiro atoms. The summed E-state index contributed by atoms with van der Waals surface area (Å²) in [4.78, 5) is 2.38. The highest BCUT2D eigenvalue weighted by Crippen LogP contribution is 2.25. The van der Waals surface area contributed by atoms with Gasteiger partial charge in [0.2, 0.25) is 0 Å². The van der Waals surface area contributed by atoms with Crippen molar-refractivity contribution in [2.45, 2.75) is 25.9 Å². The molecule has 2 heterocycles. The minimum atomic E-state index is 0.609. The molecule has 1 N–H and O–H groups in total. The lowest BCUT2D eigenvalue weighted by molar-refractivity contribution is 0.398. The van der Waals surface area contributed by atoms with Crippen LogP contribution < -0.4 is 5.32 Å². The van der Waals surface area contributed by atoms with Crippen LogP contribution in [0.15, 0.2) is 30.6 Å². The third-order valence-corrected chi connectivity index (χ3v) is 4.25. The summed E-state index contributed by atoms with van der Waals surface area (Å²) in [7, 11) is 4.15. The fourth-order valence-corrected chi connectivity index (χ4v) is 3.03. The van der Waals surface area contributed by atoms with E-state index < -0.39 is 0 Å². The molecule has 0 radical (unpaired) electrons. The summed E-state index contributed by atoms with van der Waals surface area (Å²) in [5.41, 5.74) is 5.13. The first kappa shape index (κ1) is 14.3. The van der Waals surface area contributed by atoms with E-state index in [9.17, 15) is 0 Å². The summed E-state index contributed by atoms with van der Waals surface area (Å²) < 4.78 is 1.86. The molecule has 1 fully saturated rings. The second-order valence-corrected chi connectivity index (χ2v) is 6.19. The molecule has 1 aliphatic heterocycles. The molecule has 0 aliphatic carbocycles. The predicted octanol–water partition coefficient (Wildman–Crippen LogP) is 2.19. The van der Waals surface area contributed by atoms with Crippen molar-refractivity contribution in [3.8, 4) is 11.1 Å². The molecule has 2 aromatic rings. The zero-order chi connectivity index (χ0) is 14.8. The number of nitrogens with one attached hydrogen (secondary N) is 1. The van der Waals surface area contributed by atoms with Crippen molar-refractivity contribution < 1.29 is 0 Å². The lowest BCUT2D eigenvalue weighted by Crippen LogP contribution is -2.31. The Morgan fingerprint density at radius 2 is 2.19 bits per heavy atom. The Bertz CT molecular complexity index is 617. The summed E-state index contributed by atoms with van der Waals surface area (Å²) in [6.07, 6.45) is 5.27. The largest absolute Gasteiger partial charge is 0.309 e. The van der Waals surface area contributed by atoms with Crippen molar-refractivity contribution in [3.63, 3.8) is 0 Å². The topological polar surface area (TPSA) is 33.1 Å². The fourth-order valence-electron chi connectivity index (χ4n) is 3.03. The van der Waals surface area contributed by atoms with Crippen LogP contribution in [0.5, 0.6) is 0 Å². The van der Waals surface area contributed by atoms with Crippen molar-refractivity contribution in [1.29, 1.82) is 0 Å². The van der Waals surface area contributed by atoms with Crippen molar-refractivity contribution in [1.82, 2.24) is 20.0 Å². The summed E-state index contributed by atoms with van der Waals surface area (Å²) in [6, 6.07) is 7.30. The lowest BCUT2D eigenvalue weighted by Gasteiger charge is -2.15. The van der Waals surface area contributed by atoms with Crippen LogP contribution in [0.25, 0.3) is 11.1 Å². The molecule has 0 saturated carbocycles. The van der Waals surface area contributed by atoms with Gasteiger partial charge in [-0.25, -0.2) is 0 Å². The van der Waals surface area contributed by atoms with Gasteiger partial charge in [0.15, 0.2) is 0 Å². The third-order valence-electron chi connectivity index (χ3n) is 4.25. The summed E-state index contributed by atoms with van der Waals surface area (Å²) in [6.45, 7) is 5.40. The van der Waals surface area contributed by atoms with E-state index in [-0.39, 0.29) is 0 Å². The Hall–Kier alpha value is -1.65. The Labute approximate surface area is 126 Å². The molecule has 0 amide bonds. The summed E-state index contributed by atoms with van der Waals surface area (Å²) in [5, 5.41) is 8.00. The van der Waals surface area contributed by atoms with Crippen LogP contribution in [0.3, 0.4) is 0 Å². The Kier molecular flexibility index (Phi) is 4.08. The van der Waals surface area contributed by atoms with E-state index in [0.29, 0.717) is 6.04 Å². The van der Waals surface area contributed by atoms with Gasteiger partial charge in [-0.05, 0) is 38.1 Å². The highest BCUT2D eigenvalue weighted by molar-refractivity contribution is 5.66. The van der Waals surface area contributed by atoms with E-state index in [4.69, 9.17) is 0 Å². The molecule has 112 valence electrons. The van der Waals surface area contributed by atoms with E-state index >= 15 is 0 Å². The molecule has 1 atom stereocenters. The molecular weight excluding hydrogens is 260 g/mol. The highest BCUT2D eigenvalue weighted by atomic mass is 15.2. The standard InChI is InChI=1S/C17H24N4/c1-13-4-5-14(9-18-16-6-7-20(2)12-16)17(8-13)15-10-19-21(3)11-15/h4-5,8,10-11,16,18H,6-7,9,12H2,1-3H3. The van der Waals surface area contributed by atoms with Gasteiger partial charge in [0.25, 0.3) is 0 Å². The van der Waals surface area contributed by atoms with Gasteiger partial charge < -0.3 is 10.2 Å². The zero-order valence-corrected chi connectivity index (χ0v) is 13.1. The average molecular weight is 284 g/mol. The normalized spacial score (nSPS) is 19.3. The molecule has 0 bridgehead atoms. The molecule has 4 heteroatoms. The Morgan fingerprint density at radius 3 is 2.86 bits per heavy atom. The Morgan fingerprint density at radius 1 is 1.33 bits per heavy atom. The van der Waals surface area contributed by atoms with Gasteiger partial charge in [-0.2, -0.15) is 5.10 Å². The van der Waals surface area contributed by atoms with Gasteiger partial charge in [0.05, 0.1) is 6.20 Å². The van der Waals surface area contributed by atoms with E-state index in [1.807, 2.05) is 17.9 Å². The number of hydrogen-bond donors (Lipinski definition) is 1. The van der Waals surface area contributed by atoms with Crippen molar-refractivity contribution in [3.05, 3.63) is 41.7 Å². The van der Waals surface area contributed by atoms with Crippen molar-refractivity contribution in [2.75, 3.05) is 20.1 Å². The van der Waals surface area contributed by atoms with E-state index in [1.165, 1.54) is 35.2 Å². The first-order chi connectivity index (χ1) is 10.1. The van der Waals surface area contributed by atoms with Crippen LogP contribution in [0.1, 0.15) is 17.5 Å². The number of benzene rings is 1. The van der Waals surface area contributed by atoms with Crippen LogP contribution in [0.2, 0.25) is 0 Å². The van der Waals surface area contributed by atoms with Crippen LogP contribution >= 0.6 is 0 Å². The maximum atomic E-state index is 4.30. The van der Waals surface area contributed by atoms with Gasteiger partial charge in [0.1, 0.15) is 0 Å². The number of rotatable bonds is 4. The van der Waals surface area contributed by atoms with Gasteiger partial charge in [-0.3, -0.25) is 4.68 Å². The zero-order valence-electron chi connectivity index (χ0n) is 13.1. The van der Waals surface area contributed by atoms with E-state index in [1.54, 1.807) is 0 Å². The number of likely N-dealkylation sites (tertiary alicyclic amines) is 1. The quantitative estimate of drug-likeness (QED) is 0.934. The van der Waals surface area contributed by atoms with Gasteiger partial charge in [-0.15, -0.1) is 0 Å². The van der Waals surface area contributed by atoms with Gasteiger partial charge >= 0.3 is 0 Å². The fraction of sp³-hybridized carbons (Fsp3) is 0.471. The first-order valence-corrected chi connectivity index (χ1v) is 7.62. The molecule has 4 nitrogen and oxygen atoms in total. The van der Waals surface area contributed by atoms with E-state index in [2.05, 4.69) is 53.7 Å². The number of nitrogens with zero attached hydrogens (tertiary/aromatic N) is 3. The van der Waals surface area contributed by atoms with E-state index in [0.717, 1.165) is 13.1 Å². The minimum absolute atomic E-state index is 0.609. The minimum Gasteiger partial charge on any atom is -0.309 e. The van der Waals surface area contributed by atoms with Crippen LogP contribution in [0, 0.1) is 6.92 Å². The molecule has 1 aromatic heterocycles. The van der Waals surface area contributed by atoms with Crippen LogP contribution in [0.4, 0.5) is 0 Å².